The van der Waals surface area contributed by atoms with E-state index in [2.05, 4.69) is 22.9 Å². The summed E-state index contributed by atoms with van der Waals surface area (Å²) < 4.78 is 0. The van der Waals surface area contributed by atoms with Crippen LogP contribution in [0.15, 0.2) is 0 Å². The van der Waals surface area contributed by atoms with Crippen LogP contribution in [0.1, 0.15) is 12.8 Å². The first-order valence-corrected chi connectivity index (χ1v) is 5.44. The van der Waals surface area contributed by atoms with Crippen molar-refractivity contribution in [3.8, 4) is 0 Å². The summed E-state index contributed by atoms with van der Waals surface area (Å²) in [6.45, 7) is 4.12. The summed E-state index contributed by atoms with van der Waals surface area (Å²) in [5.41, 5.74) is 0. The van der Waals surface area contributed by atoms with E-state index >= 15 is 0 Å². The molecule has 0 aromatic rings. The van der Waals surface area contributed by atoms with Gasteiger partial charge in [0.1, 0.15) is 0 Å². The van der Waals surface area contributed by atoms with Crippen molar-refractivity contribution in [1.29, 1.82) is 0 Å². The molecule has 0 aliphatic carbocycles. The molecule has 3 saturated heterocycles. The fraction of sp³-hybridized carbons (Fsp3) is 1.00. The lowest BCUT2D eigenvalue weighted by Crippen LogP contribution is -2.48. The molecule has 0 N–H and O–H groups in total. The first-order chi connectivity index (χ1) is 4.90. The molecule has 0 unspecified atom stereocenters. The number of fused-ring (bicyclic) bond motifs is 3. The Labute approximate surface area is 67.2 Å². The molecule has 3 fully saturated rings. The average molecular weight is 157 g/mol. The first kappa shape index (κ1) is 6.99. The highest BCUT2D eigenvalue weighted by molar-refractivity contribution is 7.99. The molecule has 3 aliphatic heterocycles. The second kappa shape index (κ2) is 2.74. The van der Waals surface area contributed by atoms with Crippen molar-refractivity contribution in [2.45, 2.75) is 18.1 Å². The molecule has 0 radical (unpaired) electrons. The van der Waals surface area contributed by atoms with Crippen LogP contribution < -0.4 is 0 Å². The lowest BCUT2D eigenvalue weighted by molar-refractivity contribution is 0.118. The number of hydrogen-bond acceptors (Lipinski definition) is 2. The number of piperidine rings is 3. The minimum Gasteiger partial charge on any atom is -0.302 e. The van der Waals surface area contributed by atoms with Crippen molar-refractivity contribution < 1.29 is 0 Å². The molecule has 3 aliphatic rings. The molecule has 2 bridgehead atoms. The van der Waals surface area contributed by atoms with E-state index in [0.29, 0.717) is 0 Å². The third-order valence-corrected chi connectivity index (χ3v) is 4.04. The number of nitrogens with zero attached hydrogens (tertiary/aromatic N) is 1. The Morgan fingerprint density at radius 3 is 2.30 bits per heavy atom. The van der Waals surface area contributed by atoms with Crippen molar-refractivity contribution in [1.82, 2.24) is 4.90 Å². The van der Waals surface area contributed by atoms with E-state index in [1.165, 1.54) is 32.5 Å². The standard InChI is InChI=1S/C8H15NS/c1-10-8-6-9-4-2-7(8)3-5-9/h7-8H,2-6H2,1H3/t8-/m1/s1. The zero-order valence-electron chi connectivity index (χ0n) is 6.55. The Bertz CT molecular complexity index is 118. The van der Waals surface area contributed by atoms with Gasteiger partial charge in [-0.05, 0) is 38.1 Å². The summed E-state index contributed by atoms with van der Waals surface area (Å²) in [6.07, 6.45) is 5.18. The predicted molar refractivity (Wildman–Crippen MR) is 46.5 cm³/mol. The first-order valence-electron chi connectivity index (χ1n) is 4.15. The van der Waals surface area contributed by atoms with Gasteiger partial charge in [-0.25, -0.2) is 0 Å². The molecule has 58 valence electrons. The van der Waals surface area contributed by atoms with Gasteiger partial charge in [0.15, 0.2) is 0 Å². The van der Waals surface area contributed by atoms with Crippen LogP contribution in [0.4, 0.5) is 0 Å². The van der Waals surface area contributed by atoms with E-state index < -0.39 is 0 Å². The smallest absolute Gasteiger partial charge is 0.0201 e. The van der Waals surface area contributed by atoms with Gasteiger partial charge in [0, 0.05) is 11.8 Å². The molecule has 0 aromatic heterocycles. The van der Waals surface area contributed by atoms with Crippen molar-refractivity contribution in [3.63, 3.8) is 0 Å². The molecule has 0 saturated carbocycles. The lowest BCUT2D eigenvalue weighted by Gasteiger charge is -2.44. The van der Waals surface area contributed by atoms with Crippen LogP contribution in [-0.2, 0) is 0 Å². The molecule has 1 atom stereocenters. The van der Waals surface area contributed by atoms with Crippen LogP contribution in [0.3, 0.4) is 0 Å². The molecule has 0 amide bonds. The molecule has 0 aromatic carbocycles. The van der Waals surface area contributed by atoms with Gasteiger partial charge in [0.2, 0.25) is 0 Å². The van der Waals surface area contributed by atoms with Crippen LogP contribution in [0, 0.1) is 5.92 Å². The molecule has 3 rings (SSSR count). The van der Waals surface area contributed by atoms with E-state index in [0.717, 1.165) is 11.2 Å². The van der Waals surface area contributed by atoms with Gasteiger partial charge in [-0.15, -0.1) is 0 Å². The second-order valence-electron chi connectivity index (χ2n) is 3.41. The maximum absolute atomic E-state index is 2.61. The summed E-state index contributed by atoms with van der Waals surface area (Å²) in [7, 11) is 0. The van der Waals surface area contributed by atoms with Gasteiger partial charge in [-0.3, -0.25) is 0 Å². The lowest BCUT2D eigenvalue weighted by atomic mass is 9.88. The highest BCUT2D eigenvalue weighted by Gasteiger charge is 2.33. The quantitative estimate of drug-likeness (QED) is 0.566. The van der Waals surface area contributed by atoms with Gasteiger partial charge in [-0.2, -0.15) is 11.8 Å². The molecular formula is C8H15NS. The van der Waals surface area contributed by atoms with Crippen molar-refractivity contribution in [3.05, 3.63) is 0 Å². The zero-order valence-corrected chi connectivity index (χ0v) is 7.36. The maximum atomic E-state index is 2.61. The highest BCUT2D eigenvalue weighted by Crippen LogP contribution is 2.33. The third kappa shape index (κ3) is 1.08. The van der Waals surface area contributed by atoms with Crippen LogP contribution in [0.25, 0.3) is 0 Å². The van der Waals surface area contributed by atoms with E-state index in [4.69, 9.17) is 0 Å². The largest absolute Gasteiger partial charge is 0.302 e. The van der Waals surface area contributed by atoms with Gasteiger partial charge in [0.05, 0.1) is 0 Å². The van der Waals surface area contributed by atoms with Crippen LogP contribution in [-0.4, -0.2) is 36.0 Å². The Morgan fingerprint density at radius 2 is 2.00 bits per heavy atom. The summed E-state index contributed by atoms with van der Waals surface area (Å²) in [4.78, 5) is 2.61. The fourth-order valence-corrected chi connectivity index (χ4v) is 3.19. The molecule has 0 spiro atoms. The predicted octanol–water partition coefficient (Wildman–Crippen LogP) is 1.44. The number of rotatable bonds is 1. The van der Waals surface area contributed by atoms with Crippen molar-refractivity contribution in [2.75, 3.05) is 25.9 Å². The van der Waals surface area contributed by atoms with Gasteiger partial charge in [0.25, 0.3) is 0 Å². The second-order valence-corrected chi connectivity index (χ2v) is 4.49. The topological polar surface area (TPSA) is 3.24 Å². The molecule has 3 heterocycles. The van der Waals surface area contributed by atoms with E-state index in [-0.39, 0.29) is 0 Å². The van der Waals surface area contributed by atoms with Crippen LogP contribution in [0.5, 0.6) is 0 Å². The Morgan fingerprint density at radius 1 is 1.30 bits per heavy atom. The normalized spacial score (nSPS) is 45.9. The van der Waals surface area contributed by atoms with E-state index in [1.807, 2.05) is 0 Å². The molecule has 2 heteroatoms. The van der Waals surface area contributed by atoms with Crippen molar-refractivity contribution in [2.24, 2.45) is 5.92 Å². The Balaban J connectivity index is 2.01. The third-order valence-electron chi connectivity index (χ3n) is 2.90. The van der Waals surface area contributed by atoms with Crippen molar-refractivity contribution >= 4 is 11.8 Å². The number of thioether (sulfide) groups is 1. The van der Waals surface area contributed by atoms with Gasteiger partial charge >= 0.3 is 0 Å². The zero-order chi connectivity index (χ0) is 6.97. The van der Waals surface area contributed by atoms with E-state index in [9.17, 15) is 0 Å². The van der Waals surface area contributed by atoms with E-state index in [1.54, 1.807) is 0 Å². The maximum Gasteiger partial charge on any atom is 0.0201 e. The fourth-order valence-electron chi connectivity index (χ4n) is 2.18. The van der Waals surface area contributed by atoms with Gasteiger partial charge < -0.3 is 4.90 Å². The summed E-state index contributed by atoms with van der Waals surface area (Å²) in [6, 6.07) is 0. The van der Waals surface area contributed by atoms with Gasteiger partial charge in [-0.1, -0.05) is 0 Å². The Hall–Kier alpha value is 0.310. The highest BCUT2D eigenvalue weighted by atomic mass is 32.2. The summed E-state index contributed by atoms with van der Waals surface area (Å²) in [5.74, 6) is 1.06. The summed E-state index contributed by atoms with van der Waals surface area (Å²) >= 11 is 2.07. The average Bonchev–Trinajstić information content (AvgIpc) is 2.06. The Kier molecular flexibility index (Phi) is 1.92. The molecular weight excluding hydrogens is 142 g/mol. The van der Waals surface area contributed by atoms with Crippen LogP contribution in [0.2, 0.25) is 0 Å². The SMILES string of the molecule is CS[C@@H]1CN2CCC1CC2. The molecule has 1 nitrogen and oxygen atoms in total. The minimum atomic E-state index is 0.961. The summed E-state index contributed by atoms with van der Waals surface area (Å²) in [5, 5.41) is 0.961. The monoisotopic (exact) mass is 157 g/mol. The number of hydrogen-bond donors (Lipinski definition) is 0. The minimum absolute atomic E-state index is 0.961. The van der Waals surface area contributed by atoms with Crippen LogP contribution >= 0.6 is 11.8 Å². The molecule has 10 heavy (non-hydrogen) atoms.